The number of piperazine rings is 1. The van der Waals surface area contributed by atoms with E-state index in [1.807, 2.05) is 25.7 Å². The Morgan fingerprint density at radius 2 is 1.75 bits per heavy atom. The molecule has 9 nitrogen and oxygen atoms in total. The van der Waals surface area contributed by atoms with E-state index < -0.39 is 15.4 Å². The molecule has 0 aliphatic carbocycles. The summed E-state index contributed by atoms with van der Waals surface area (Å²) in [5.74, 6) is 0.461. The van der Waals surface area contributed by atoms with Crippen molar-refractivity contribution in [2.24, 2.45) is 0 Å². The van der Waals surface area contributed by atoms with Crippen LogP contribution in [-0.4, -0.2) is 67.4 Å². The van der Waals surface area contributed by atoms with Gasteiger partial charge in [0.2, 0.25) is 9.84 Å². The van der Waals surface area contributed by atoms with E-state index in [4.69, 9.17) is 4.74 Å². The van der Waals surface area contributed by atoms with E-state index in [0.29, 0.717) is 44.4 Å². The predicted octanol–water partition coefficient (Wildman–Crippen LogP) is 2.69. The maximum Gasteiger partial charge on any atom is 0.410 e. The predicted molar refractivity (Wildman–Crippen MR) is 119 cm³/mol. The Kier molecular flexibility index (Phi) is 6.87. The average molecular weight is 466 g/mol. The SMILES string of the molecule is CC(C)(C)OC(=O)N1CCN(c2cc(NCc3ccc(F)cc3)nc(S(C)(=O)=O)n2)CC1. The summed E-state index contributed by atoms with van der Waals surface area (Å²) in [5, 5.41) is 2.79. The second-order valence-electron chi connectivity index (χ2n) is 8.60. The first-order valence-electron chi connectivity index (χ1n) is 10.2. The normalized spacial score (nSPS) is 14.9. The van der Waals surface area contributed by atoms with Gasteiger partial charge in [-0.3, -0.25) is 0 Å². The monoisotopic (exact) mass is 465 g/mol. The molecule has 0 spiro atoms. The van der Waals surface area contributed by atoms with Gasteiger partial charge in [-0.2, -0.15) is 0 Å². The quantitative estimate of drug-likeness (QED) is 0.672. The minimum absolute atomic E-state index is 0.286. The molecule has 11 heteroatoms. The number of hydrogen-bond acceptors (Lipinski definition) is 8. The molecule has 1 aromatic carbocycles. The maximum absolute atomic E-state index is 13.1. The summed E-state index contributed by atoms with van der Waals surface area (Å²) in [5.41, 5.74) is 0.245. The van der Waals surface area contributed by atoms with E-state index in [2.05, 4.69) is 15.3 Å². The second-order valence-corrected chi connectivity index (χ2v) is 10.5. The van der Waals surface area contributed by atoms with Crippen LogP contribution in [0.3, 0.4) is 0 Å². The molecule has 0 saturated carbocycles. The number of nitrogens with zero attached hydrogens (tertiary/aromatic N) is 4. The van der Waals surface area contributed by atoms with Crippen LogP contribution >= 0.6 is 0 Å². The van der Waals surface area contributed by atoms with Crippen LogP contribution in [-0.2, 0) is 21.1 Å². The van der Waals surface area contributed by atoms with Crippen molar-refractivity contribution in [1.82, 2.24) is 14.9 Å². The lowest BCUT2D eigenvalue weighted by molar-refractivity contribution is 0.0240. The minimum atomic E-state index is -3.64. The van der Waals surface area contributed by atoms with Gasteiger partial charge >= 0.3 is 6.09 Å². The van der Waals surface area contributed by atoms with Gasteiger partial charge in [0.15, 0.2) is 0 Å². The van der Waals surface area contributed by atoms with Crippen molar-refractivity contribution in [2.75, 3.05) is 42.7 Å². The highest BCUT2D eigenvalue weighted by Gasteiger charge is 2.27. The molecule has 2 heterocycles. The lowest BCUT2D eigenvalue weighted by Crippen LogP contribution is -2.50. The highest BCUT2D eigenvalue weighted by atomic mass is 32.2. The maximum atomic E-state index is 13.1. The van der Waals surface area contributed by atoms with Gasteiger partial charge in [-0.1, -0.05) is 12.1 Å². The molecule has 174 valence electrons. The van der Waals surface area contributed by atoms with Crippen LogP contribution in [0.25, 0.3) is 0 Å². The number of ether oxygens (including phenoxy) is 1. The number of rotatable bonds is 5. The fourth-order valence-corrected chi connectivity index (χ4v) is 3.59. The number of benzene rings is 1. The molecule has 0 unspecified atom stereocenters. The van der Waals surface area contributed by atoms with Gasteiger partial charge in [-0.15, -0.1) is 0 Å². The summed E-state index contributed by atoms with van der Waals surface area (Å²) in [7, 11) is -3.64. The molecule has 2 aromatic rings. The Morgan fingerprint density at radius 1 is 1.12 bits per heavy atom. The molecule has 1 aliphatic heterocycles. The van der Waals surface area contributed by atoms with Crippen LogP contribution in [0.1, 0.15) is 26.3 Å². The molecule has 1 aliphatic rings. The van der Waals surface area contributed by atoms with Crippen LogP contribution in [0.15, 0.2) is 35.5 Å². The van der Waals surface area contributed by atoms with E-state index in [0.717, 1.165) is 11.8 Å². The molecule has 1 aromatic heterocycles. The van der Waals surface area contributed by atoms with E-state index >= 15 is 0 Å². The molecule has 0 atom stereocenters. The minimum Gasteiger partial charge on any atom is -0.444 e. The number of carbonyl (C=O) groups excluding carboxylic acids is 1. The van der Waals surface area contributed by atoms with Gasteiger partial charge in [-0.25, -0.2) is 27.6 Å². The first-order valence-corrected chi connectivity index (χ1v) is 12.1. The fraction of sp³-hybridized carbons (Fsp3) is 0.476. The number of nitrogens with one attached hydrogen (secondary N) is 1. The molecular weight excluding hydrogens is 437 g/mol. The molecule has 1 saturated heterocycles. The van der Waals surface area contributed by atoms with Crippen molar-refractivity contribution < 1.29 is 22.3 Å². The molecular formula is C21H28FN5O4S. The van der Waals surface area contributed by atoms with E-state index in [1.165, 1.54) is 12.1 Å². The van der Waals surface area contributed by atoms with Gasteiger partial charge in [0.05, 0.1) is 0 Å². The van der Waals surface area contributed by atoms with E-state index in [1.54, 1.807) is 23.1 Å². The van der Waals surface area contributed by atoms with Crippen LogP contribution in [0.4, 0.5) is 20.8 Å². The number of halogens is 1. The molecule has 1 N–H and O–H groups in total. The summed E-state index contributed by atoms with van der Waals surface area (Å²) in [6.45, 7) is 7.57. The Morgan fingerprint density at radius 3 is 2.31 bits per heavy atom. The number of hydrogen-bond donors (Lipinski definition) is 1. The van der Waals surface area contributed by atoms with Crippen LogP contribution in [0.2, 0.25) is 0 Å². The van der Waals surface area contributed by atoms with Crippen LogP contribution < -0.4 is 10.2 Å². The molecule has 32 heavy (non-hydrogen) atoms. The van der Waals surface area contributed by atoms with Gasteiger partial charge in [-0.05, 0) is 38.5 Å². The van der Waals surface area contributed by atoms with Crippen molar-refractivity contribution in [1.29, 1.82) is 0 Å². The number of amides is 1. The van der Waals surface area contributed by atoms with Crippen molar-refractivity contribution in [3.05, 3.63) is 41.7 Å². The zero-order chi connectivity index (χ0) is 23.5. The van der Waals surface area contributed by atoms with Gasteiger partial charge in [0, 0.05) is 45.0 Å². The summed E-state index contributed by atoms with van der Waals surface area (Å²) in [4.78, 5) is 24.2. The van der Waals surface area contributed by atoms with Gasteiger partial charge in [0.25, 0.3) is 5.16 Å². The van der Waals surface area contributed by atoms with Gasteiger partial charge in [0.1, 0.15) is 23.1 Å². The van der Waals surface area contributed by atoms with Crippen LogP contribution in [0, 0.1) is 5.82 Å². The highest BCUT2D eigenvalue weighted by molar-refractivity contribution is 7.90. The summed E-state index contributed by atoms with van der Waals surface area (Å²) < 4.78 is 42.8. The van der Waals surface area contributed by atoms with Crippen molar-refractivity contribution in [3.8, 4) is 0 Å². The van der Waals surface area contributed by atoms with Crippen molar-refractivity contribution in [2.45, 2.75) is 38.1 Å². The van der Waals surface area contributed by atoms with E-state index in [9.17, 15) is 17.6 Å². The first-order chi connectivity index (χ1) is 14.9. The third-order valence-corrected chi connectivity index (χ3v) is 5.51. The average Bonchev–Trinajstić information content (AvgIpc) is 2.71. The largest absolute Gasteiger partial charge is 0.444 e. The third kappa shape index (κ3) is 6.52. The lowest BCUT2D eigenvalue weighted by atomic mass is 10.2. The standard InChI is InChI=1S/C21H28FN5O4S/c1-21(2,3)31-20(28)27-11-9-26(10-12-27)18-13-17(24-19(25-18)32(4,29)30)23-14-15-5-7-16(22)8-6-15/h5-8,13H,9-12,14H2,1-4H3,(H,23,24,25). The first kappa shape index (κ1) is 23.7. The fourth-order valence-electron chi connectivity index (χ4n) is 3.07. The Hall–Kier alpha value is -2.95. The summed E-state index contributed by atoms with van der Waals surface area (Å²) >= 11 is 0. The van der Waals surface area contributed by atoms with Crippen molar-refractivity contribution >= 4 is 27.6 Å². The van der Waals surface area contributed by atoms with Gasteiger partial charge < -0.3 is 19.9 Å². The summed E-state index contributed by atoms with van der Waals surface area (Å²) in [6, 6.07) is 7.65. The molecule has 1 fully saturated rings. The molecule has 3 rings (SSSR count). The zero-order valence-corrected chi connectivity index (χ0v) is 19.4. The lowest BCUT2D eigenvalue weighted by Gasteiger charge is -2.36. The van der Waals surface area contributed by atoms with Crippen LogP contribution in [0.5, 0.6) is 0 Å². The molecule has 1 amide bonds. The smallest absolute Gasteiger partial charge is 0.410 e. The van der Waals surface area contributed by atoms with Crippen molar-refractivity contribution in [3.63, 3.8) is 0 Å². The summed E-state index contributed by atoms with van der Waals surface area (Å²) in [6.07, 6.45) is 0.675. The highest BCUT2D eigenvalue weighted by Crippen LogP contribution is 2.21. The number of carbonyl (C=O) groups is 1. The molecule has 0 radical (unpaired) electrons. The number of aromatic nitrogens is 2. The second kappa shape index (κ2) is 9.27. The number of anilines is 2. The Bertz CT molecular complexity index is 1060. The third-order valence-electron chi connectivity index (χ3n) is 4.67. The number of sulfone groups is 1. The zero-order valence-electron chi connectivity index (χ0n) is 18.6. The Labute approximate surface area is 187 Å². The topological polar surface area (TPSA) is 105 Å². The Balaban J connectivity index is 1.74. The van der Waals surface area contributed by atoms with E-state index in [-0.39, 0.29) is 17.1 Å². The molecule has 0 bridgehead atoms.